The summed E-state index contributed by atoms with van der Waals surface area (Å²) in [6.07, 6.45) is 1.45. The summed E-state index contributed by atoms with van der Waals surface area (Å²) in [5.41, 5.74) is 1.98. The van der Waals surface area contributed by atoms with Crippen LogP contribution in [0.1, 0.15) is 36.8 Å². The zero-order valence-electron chi connectivity index (χ0n) is 16.9. The van der Waals surface area contributed by atoms with Crippen LogP contribution in [-0.2, 0) is 5.41 Å². The van der Waals surface area contributed by atoms with E-state index in [0.29, 0.717) is 28.3 Å². The zero-order valence-corrected chi connectivity index (χ0v) is 16.9. The molecule has 2 heterocycles. The molecule has 2 aromatic heterocycles. The molecular formula is C23H21FN4O2. The Morgan fingerprint density at radius 2 is 1.77 bits per heavy atom. The number of nitrogens with zero attached hydrogens (tertiary/aromatic N) is 2. The van der Waals surface area contributed by atoms with Gasteiger partial charge in [-0.3, -0.25) is 9.89 Å². The number of amides is 1. The van der Waals surface area contributed by atoms with Crippen LogP contribution < -0.4 is 5.32 Å². The number of hydrogen-bond donors (Lipinski definition) is 2. The number of anilines is 1. The van der Waals surface area contributed by atoms with Gasteiger partial charge in [0.05, 0.1) is 17.3 Å². The molecule has 0 bridgehead atoms. The third kappa shape index (κ3) is 3.87. The molecule has 0 aliphatic heterocycles. The molecule has 152 valence electrons. The molecule has 6 nitrogen and oxygen atoms in total. The second-order valence-corrected chi connectivity index (χ2v) is 7.93. The van der Waals surface area contributed by atoms with E-state index in [2.05, 4.69) is 41.3 Å². The van der Waals surface area contributed by atoms with Crippen molar-refractivity contribution in [2.24, 2.45) is 0 Å². The number of aromatic amines is 1. The van der Waals surface area contributed by atoms with E-state index in [-0.39, 0.29) is 17.2 Å². The van der Waals surface area contributed by atoms with Crippen LogP contribution in [0.5, 0.6) is 0 Å². The highest BCUT2D eigenvalue weighted by atomic mass is 19.1. The Bertz CT molecular complexity index is 1200. The summed E-state index contributed by atoms with van der Waals surface area (Å²) in [6, 6.07) is 15.0. The lowest BCUT2D eigenvalue weighted by Gasteiger charge is -2.14. The standard InChI is InChI=1S/C23H21FN4O2/c1-23(2,3)19-12-20(28-27-19)26-21(29)14-8-4-5-9-15(14)22-25-13-18(30-22)16-10-6-7-11-17(16)24/h4-13H,1-3H3,(H2,26,27,28,29). The predicted octanol–water partition coefficient (Wildman–Crippen LogP) is 5.42. The molecule has 2 aromatic carbocycles. The molecule has 0 spiro atoms. The van der Waals surface area contributed by atoms with Crippen LogP contribution in [0.15, 0.2) is 65.2 Å². The highest BCUT2D eigenvalue weighted by Gasteiger charge is 2.20. The van der Waals surface area contributed by atoms with Gasteiger partial charge in [0.15, 0.2) is 11.6 Å². The molecule has 0 aliphatic carbocycles. The van der Waals surface area contributed by atoms with Crippen LogP contribution in [0.25, 0.3) is 22.8 Å². The van der Waals surface area contributed by atoms with E-state index in [9.17, 15) is 9.18 Å². The van der Waals surface area contributed by atoms with Crippen LogP contribution in [0.4, 0.5) is 10.2 Å². The van der Waals surface area contributed by atoms with Crippen molar-refractivity contribution >= 4 is 11.7 Å². The van der Waals surface area contributed by atoms with Crippen molar-refractivity contribution in [3.05, 3.63) is 77.9 Å². The van der Waals surface area contributed by atoms with Gasteiger partial charge in [-0.2, -0.15) is 5.10 Å². The fourth-order valence-corrected chi connectivity index (χ4v) is 3.01. The Morgan fingerprint density at radius 3 is 2.47 bits per heavy atom. The summed E-state index contributed by atoms with van der Waals surface area (Å²) in [4.78, 5) is 17.2. The summed E-state index contributed by atoms with van der Waals surface area (Å²) in [7, 11) is 0. The van der Waals surface area contributed by atoms with Crippen LogP contribution in [0.3, 0.4) is 0 Å². The molecule has 30 heavy (non-hydrogen) atoms. The summed E-state index contributed by atoms with van der Waals surface area (Å²) < 4.78 is 19.8. The lowest BCUT2D eigenvalue weighted by atomic mass is 9.92. The number of oxazole rings is 1. The summed E-state index contributed by atoms with van der Waals surface area (Å²) >= 11 is 0. The molecule has 0 saturated carbocycles. The van der Waals surface area contributed by atoms with Gasteiger partial charge in [0.2, 0.25) is 5.89 Å². The van der Waals surface area contributed by atoms with Crippen LogP contribution in [0, 0.1) is 5.82 Å². The Labute approximate surface area is 173 Å². The lowest BCUT2D eigenvalue weighted by Crippen LogP contribution is -2.13. The van der Waals surface area contributed by atoms with Gasteiger partial charge in [-0.25, -0.2) is 9.37 Å². The molecule has 7 heteroatoms. The molecule has 0 fully saturated rings. The quantitative estimate of drug-likeness (QED) is 0.476. The first kappa shape index (κ1) is 19.6. The summed E-state index contributed by atoms with van der Waals surface area (Å²) in [5.74, 6) is 0.207. The number of nitrogens with one attached hydrogen (secondary N) is 2. The van der Waals surface area contributed by atoms with Gasteiger partial charge in [0, 0.05) is 22.7 Å². The first-order valence-corrected chi connectivity index (χ1v) is 9.50. The molecule has 0 aliphatic rings. The molecule has 4 rings (SSSR count). The number of carbonyl (C=O) groups excluding carboxylic acids is 1. The fraction of sp³-hybridized carbons (Fsp3) is 0.174. The number of halogens is 1. The van der Waals surface area contributed by atoms with Crippen molar-refractivity contribution in [2.75, 3.05) is 5.32 Å². The Balaban J connectivity index is 1.63. The number of H-pyrrole nitrogens is 1. The second-order valence-electron chi connectivity index (χ2n) is 7.93. The second kappa shape index (κ2) is 7.59. The maximum absolute atomic E-state index is 14.1. The van der Waals surface area contributed by atoms with E-state index in [1.54, 1.807) is 42.5 Å². The van der Waals surface area contributed by atoms with E-state index in [0.717, 1.165) is 5.69 Å². The van der Waals surface area contributed by atoms with Crippen LogP contribution >= 0.6 is 0 Å². The van der Waals surface area contributed by atoms with Gasteiger partial charge < -0.3 is 9.73 Å². The average molecular weight is 404 g/mol. The van der Waals surface area contributed by atoms with E-state index >= 15 is 0 Å². The first-order valence-electron chi connectivity index (χ1n) is 9.50. The summed E-state index contributed by atoms with van der Waals surface area (Å²) in [5, 5.41) is 9.91. The molecule has 0 saturated heterocycles. The van der Waals surface area contributed by atoms with Crippen molar-refractivity contribution in [1.29, 1.82) is 0 Å². The molecule has 0 unspecified atom stereocenters. The Kier molecular flexibility index (Phi) is 4.95. The maximum atomic E-state index is 14.1. The van der Waals surface area contributed by atoms with Crippen LogP contribution in [0.2, 0.25) is 0 Å². The molecule has 4 aromatic rings. The fourth-order valence-electron chi connectivity index (χ4n) is 3.01. The third-order valence-electron chi connectivity index (χ3n) is 4.67. The van der Waals surface area contributed by atoms with E-state index in [4.69, 9.17) is 4.42 Å². The number of aromatic nitrogens is 3. The maximum Gasteiger partial charge on any atom is 0.257 e. The molecule has 1 amide bonds. The van der Waals surface area contributed by atoms with Crippen molar-refractivity contribution in [3.8, 4) is 22.8 Å². The van der Waals surface area contributed by atoms with Crippen molar-refractivity contribution in [1.82, 2.24) is 15.2 Å². The van der Waals surface area contributed by atoms with Gasteiger partial charge >= 0.3 is 0 Å². The van der Waals surface area contributed by atoms with E-state index in [1.165, 1.54) is 12.3 Å². The minimum Gasteiger partial charge on any atom is -0.436 e. The van der Waals surface area contributed by atoms with Gasteiger partial charge in [0.1, 0.15) is 5.82 Å². The minimum atomic E-state index is -0.403. The van der Waals surface area contributed by atoms with Gasteiger partial charge in [-0.1, -0.05) is 45.0 Å². The first-order chi connectivity index (χ1) is 14.3. The van der Waals surface area contributed by atoms with Gasteiger partial charge in [0.25, 0.3) is 5.91 Å². The molecular weight excluding hydrogens is 383 g/mol. The minimum absolute atomic E-state index is 0.116. The normalized spacial score (nSPS) is 11.5. The highest BCUT2D eigenvalue weighted by Crippen LogP contribution is 2.30. The topological polar surface area (TPSA) is 83.8 Å². The smallest absolute Gasteiger partial charge is 0.257 e. The summed E-state index contributed by atoms with van der Waals surface area (Å²) in [6.45, 7) is 6.16. The van der Waals surface area contributed by atoms with Crippen molar-refractivity contribution < 1.29 is 13.6 Å². The molecule has 2 N–H and O–H groups in total. The van der Waals surface area contributed by atoms with Gasteiger partial charge in [-0.15, -0.1) is 0 Å². The average Bonchev–Trinajstić information content (AvgIpc) is 3.38. The zero-order chi connectivity index (χ0) is 21.3. The lowest BCUT2D eigenvalue weighted by molar-refractivity contribution is 0.102. The number of benzene rings is 2. The van der Waals surface area contributed by atoms with Crippen LogP contribution in [-0.4, -0.2) is 21.1 Å². The largest absolute Gasteiger partial charge is 0.436 e. The number of hydrogen-bond acceptors (Lipinski definition) is 4. The Hall–Kier alpha value is -3.74. The van der Waals surface area contributed by atoms with E-state index < -0.39 is 5.82 Å². The van der Waals surface area contributed by atoms with Gasteiger partial charge in [-0.05, 0) is 24.3 Å². The van der Waals surface area contributed by atoms with Crippen molar-refractivity contribution in [3.63, 3.8) is 0 Å². The SMILES string of the molecule is CC(C)(C)c1cc(NC(=O)c2ccccc2-c2ncc(-c3ccccc3F)o2)n[nH]1. The molecule has 0 atom stereocenters. The predicted molar refractivity (Wildman–Crippen MR) is 113 cm³/mol. The highest BCUT2D eigenvalue weighted by molar-refractivity contribution is 6.07. The monoisotopic (exact) mass is 404 g/mol. The number of carbonyl (C=O) groups is 1. The third-order valence-corrected chi connectivity index (χ3v) is 4.67. The van der Waals surface area contributed by atoms with E-state index in [1.807, 2.05) is 6.07 Å². The Morgan fingerprint density at radius 1 is 1.07 bits per heavy atom. The number of rotatable bonds is 4. The molecule has 0 radical (unpaired) electrons. The van der Waals surface area contributed by atoms with Crippen molar-refractivity contribution in [2.45, 2.75) is 26.2 Å².